The number of hydrogen-bond donors (Lipinski definition) is 0. The molecule has 0 saturated carbocycles. The Morgan fingerprint density at radius 2 is 1.82 bits per heavy atom. The number of carbonyl (C=O) groups excluding carboxylic acids is 1. The maximum atomic E-state index is 13.5. The number of aryl methyl sites for hydroxylation is 1. The minimum absolute atomic E-state index is 0.0710. The quantitative estimate of drug-likeness (QED) is 0.498. The Hall–Kier alpha value is -2.69. The van der Waals surface area contributed by atoms with Crippen molar-refractivity contribution in [2.75, 3.05) is 31.9 Å². The van der Waals surface area contributed by atoms with Crippen molar-refractivity contribution in [3.63, 3.8) is 0 Å². The summed E-state index contributed by atoms with van der Waals surface area (Å²) in [6.07, 6.45) is 3.59. The third kappa shape index (κ3) is 4.97. The number of thioether (sulfide) groups is 1. The fraction of sp³-hybridized carbons (Fsp3) is 0.304. The molecule has 1 saturated heterocycles. The molecule has 33 heavy (non-hydrogen) atoms. The molecular weight excluding hydrogens is 463 g/mol. The van der Waals surface area contributed by atoms with Crippen LogP contribution in [0.5, 0.6) is 0 Å². The van der Waals surface area contributed by atoms with Crippen LogP contribution in [0, 0.1) is 19.7 Å². The van der Waals surface area contributed by atoms with E-state index < -0.39 is 15.8 Å². The maximum Gasteiger partial charge on any atom is 0.243 e. The molecule has 7 nitrogen and oxygen atoms in total. The predicted molar refractivity (Wildman–Crippen MR) is 126 cm³/mol. The fourth-order valence-corrected chi connectivity index (χ4v) is 6.07. The molecule has 10 heteroatoms. The van der Waals surface area contributed by atoms with Crippen molar-refractivity contribution in [1.82, 2.24) is 18.8 Å². The number of hydrogen-bond acceptors (Lipinski definition) is 5. The molecule has 1 aromatic heterocycles. The van der Waals surface area contributed by atoms with E-state index in [0.29, 0.717) is 13.1 Å². The van der Waals surface area contributed by atoms with Gasteiger partial charge in [-0.1, -0.05) is 30.0 Å². The van der Waals surface area contributed by atoms with Gasteiger partial charge in [0, 0.05) is 38.6 Å². The van der Waals surface area contributed by atoms with Crippen LogP contribution in [0.15, 0.2) is 64.9 Å². The Bertz CT molecular complexity index is 1270. The normalized spacial score (nSPS) is 15.1. The molecule has 1 fully saturated rings. The zero-order valence-corrected chi connectivity index (χ0v) is 20.1. The third-order valence-corrected chi connectivity index (χ3v) is 8.64. The molecule has 174 valence electrons. The largest absolute Gasteiger partial charge is 0.339 e. The summed E-state index contributed by atoms with van der Waals surface area (Å²) in [5.74, 6) is -0.460. The zero-order valence-electron chi connectivity index (χ0n) is 18.4. The van der Waals surface area contributed by atoms with Crippen LogP contribution in [0.2, 0.25) is 0 Å². The molecule has 0 atom stereocenters. The van der Waals surface area contributed by atoms with Gasteiger partial charge in [-0.05, 0) is 49.2 Å². The number of carbonyl (C=O) groups is 1. The van der Waals surface area contributed by atoms with Crippen molar-refractivity contribution in [3.05, 3.63) is 71.8 Å². The van der Waals surface area contributed by atoms with E-state index in [9.17, 15) is 17.6 Å². The lowest BCUT2D eigenvalue weighted by Gasteiger charge is -2.34. The Balaban J connectivity index is 1.36. The highest BCUT2D eigenvalue weighted by Gasteiger charge is 2.30. The summed E-state index contributed by atoms with van der Waals surface area (Å²) in [5, 5.41) is 0.726. The first kappa shape index (κ1) is 23.5. The van der Waals surface area contributed by atoms with Crippen LogP contribution >= 0.6 is 11.8 Å². The molecule has 3 aromatic rings. The molecule has 4 rings (SSSR count). The number of halogens is 1. The monoisotopic (exact) mass is 488 g/mol. The van der Waals surface area contributed by atoms with Gasteiger partial charge in [0.1, 0.15) is 5.82 Å². The fourth-order valence-electron chi connectivity index (χ4n) is 3.75. The van der Waals surface area contributed by atoms with Gasteiger partial charge in [0.15, 0.2) is 5.16 Å². The first-order valence-electron chi connectivity index (χ1n) is 10.5. The van der Waals surface area contributed by atoms with Crippen LogP contribution < -0.4 is 0 Å². The number of sulfonamides is 1. The van der Waals surface area contributed by atoms with E-state index in [1.807, 2.05) is 22.9 Å². The SMILES string of the molecule is Cc1cccc(-n2ccnc2SCC(=O)N2CCN(S(=O)(=O)c3cccc(F)c3)CC2)c1C. The summed E-state index contributed by atoms with van der Waals surface area (Å²) in [6.45, 7) is 5.04. The summed E-state index contributed by atoms with van der Waals surface area (Å²) in [6, 6.07) is 11.1. The summed E-state index contributed by atoms with van der Waals surface area (Å²) in [5.41, 5.74) is 3.36. The Morgan fingerprint density at radius 1 is 1.09 bits per heavy atom. The van der Waals surface area contributed by atoms with E-state index in [-0.39, 0.29) is 29.6 Å². The van der Waals surface area contributed by atoms with E-state index in [1.165, 1.54) is 39.8 Å². The average Bonchev–Trinajstić information content (AvgIpc) is 3.27. The van der Waals surface area contributed by atoms with E-state index >= 15 is 0 Å². The van der Waals surface area contributed by atoms with Gasteiger partial charge in [0.25, 0.3) is 0 Å². The lowest BCUT2D eigenvalue weighted by Crippen LogP contribution is -2.51. The Labute approximate surface area is 197 Å². The lowest BCUT2D eigenvalue weighted by atomic mass is 10.1. The van der Waals surface area contributed by atoms with E-state index in [1.54, 1.807) is 11.1 Å². The average molecular weight is 489 g/mol. The van der Waals surface area contributed by atoms with Crippen LogP contribution in [0.3, 0.4) is 0 Å². The van der Waals surface area contributed by atoms with Crippen LogP contribution in [-0.2, 0) is 14.8 Å². The van der Waals surface area contributed by atoms with Crippen molar-refractivity contribution in [2.24, 2.45) is 0 Å². The smallest absolute Gasteiger partial charge is 0.243 e. The third-order valence-electron chi connectivity index (χ3n) is 5.79. The second-order valence-corrected chi connectivity index (χ2v) is 10.7. The molecule has 1 amide bonds. The number of imidazole rings is 1. The molecule has 1 aliphatic heterocycles. The Kier molecular flexibility index (Phi) is 6.87. The van der Waals surface area contributed by atoms with Crippen molar-refractivity contribution in [3.8, 4) is 5.69 Å². The summed E-state index contributed by atoms with van der Waals surface area (Å²) in [7, 11) is -3.79. The Morgan fingerprint density at radius 3 is 2.55 bits per heavy atom. The molecule has 0 radical (unpaired) electrons. The molecular formula is C23H25FN4O3S2. The molecule has 0 aliphatic carbocycles. The van der Waals surface area contributed by atoms with Crippen LogP contribution in [0.4, 0.5) is 4.39 Å². The maximum absolute atomic E-state index is 13.5. The first-order chi connectivity index (χ1) is 15.8. The van der Waals surface area contributed by atoms with Crippen molar-refractivity contribution >= 4 is 27.7 Å². The van der Waals surface area contributed by atoms with Gasteiger partial charge in [-0.25, -0.2) is 17.8 Å². The molecule has 0 N–H and O–H groups in total. The van der Waals surface area contributed by atoms with Crippen molar-refractivity contribution in [1.29, 1.82) is 0 Å². The number of nitrogens with zero attached hydrogens (tertiary/aromatic N) is 4. The number of aromatic nitrogens is 2. The van der Waals surface area contributed by atoms with Gasteiger partial charge in [0.2, 0.25) is 15.9 Å². The van der Waals surface area contributed by atoms with Crippen molar-refractivity contribution in [2.45, 2.75) is 23.9 Å². The van der Waals surface area contributed by atoms with Gasteiger partial charge >= 0.3 is 0 Å². The van der Waals surface area contributed by atoms with E-state index in [0.717, 1.165) is 22.5 Å². The van der Waals surface area contributed by atoms with E-state index in [2.05, 4.69) is 24.9 Å². The summed E-state index contributed by atoms with van der Waals surface area (Å²) < 4.78 is 42.3. The van der Waals surface area contributed by atoms with Gasteiger partial charge < -0.3 is 4.90 Å². The lowest BCUT2D eigenvalue weighted by molar-refractivity contribution is -0.129. The van der Waals surface area contributed by atoms with Crippen LogP contribution in [0.25, 0.3) is 5.69 Å². The molecule has 1 aliphatic rings. The van der Waals surface area contributed by atoms with E-state index in [4.69, 9.17) is 0 Å². The second-order valence-electron chi connectivity index (χ2n) is 7.83. The van der Waals surface area contributed by atoms with Gasteiger partial charge in [-0.2, -0.15) is 4.31 Å². The minimum Gasteiger partial charge on any atom is -0.339 e. The van der Waals surface area contributed by atoms with Crippen LogP contribution in [0.1, 0.15) is 11.1 Å². The highest BCUT2D eigenvalue weighted by molar-refractivity contribution is 7.99. The van der Waals surface area contributed by atoms with Crippen LogP contribution in [-0.4, -0.2) is 65.0 Å². The minimum atomic E-state index is -3.79. The number of amides is 1. The summed E-state index contributed by atoms with van der Waals surface area (Å²) in [4.78, 5) is 18.8. The number of rotatable bonds is 6. The predicted octanol–water partition coefficient (Wildman–Crippen LogP) is 3.25. The number of piperazine rings is 1. The van der Waals surface area contributed by atoms with Crippen molar-refractivity contribution < 1.29 is 17.6 Å². The van der Waals surface area contributed by atoms with Gasteiger partial charge in [-0.3, -0.25) is 9.36 Å². The molecule has 0 unspecified atom stereocenters. The second kappa shape index (κ2) is 9.66. The summed E-state index contributed by atoms with van der Waals surface area (Å²) >= 11 is 1.36. The van der Waals surface area contributed by atoms with Gasteiger partial charge in [0.05, 0.1) is 16.3 Å². The molecule has 0 spiro atoms. The first-order valence-corrected chi connectivity index (χ1v) is 13.0. The number of benzene rings is 2. The highest BCUT2D eigenvalue weighted by Crippen LogP contribution is 2.25. The topological polar surface area (TPSA) is 75.5 Å². The standard InChI is InChI=1S/C23H25FN4O3S2/c1-17-5-3-8-21(18(17)2)28-10-9-25-23(28)32-16-22(29)26-11-13-27(14-12-26)33(30,31)20-7-4-6-19(24)15-20/h3-10,15H,11-14,16H2,1-2H3. The molecule has 2 aromatic carbocycles. The van der Waals surface area contributed by atoms with Gasteiger partial charge in [-0.15, -0.1) is 0 Å². The molecule has 2 heterocycles. The highest BCUT2D eigenvalue weighted by atomic mass is 32.2. The zero-order chi connectivity index (χ0) is 23.6. The molecule has 0 bridgehead atoms.